The number of nitrogens with one attached hydrogen (secondary N) is 1. The van der Waals surface area contributed by atoms with Crippen LogP contribution in [0.5, 0.6) is 0 Å². The van der Waals surface area contributed by atoms with Gasteiger partial charge in [0.15, 0.2) is 0 Å². The van der Waals surface area contributed by atoms with E-state index in [9.17, 15) is 0 Å². The standard InChI is InChI=1S/C17H27NS/c1-13(2)11-14-5-4-6-16(12-14)18-15-7-9-17(19-3)10-8-15/h7-10,13-14,16,18H,4-6,11-12H2,1-3H3. The molecule has 106 valence electrons. The fourth-order valence-corrected chi connectivity index (χ4v) is 3.63. The molecule has 1 aromatic carbocycles. The van der Waals surface area contributed by atoms with Crippen molar-refractivity contribution in [1.82, 2.24) is 0 Å². The molecule has 1 aliphatic rings. The lowest BCUT2D eigenvalue weighted by Crippen LogP contribution is -2.27. The Morgan fingerprint density at radius 1 is 1.21 bits per heavy atom. The zero-order valence-corrected chi connectivity index (χ0v) is 13.3. The molecule has 2 rings (SSSR count). The Hall–Kier alpha value is -0.630. The average Bonchev–Trinajstić information content (AvgIpc) is 2.39. The van der Waals surface area contributed by atoms with Crippen molar-refractivity contribution in [2.24, 2.45) is 11.8 Å². The Bertz CT molecular complexity index is 371. The second-order valence-corrected chi connectivity index (χ2v) is 7.11. The van der Waals surface area contributed by atoms with Crippen molar-refractivity contribution in [2.45, 2.75) is 56.9 Å². The van der Waals surface area contributed by atoms with Crippen LogP contribution < -0.4 is 5.32 Å². The molecule has 0 aliphatic heterocycles. The van der Waals surface area contributed by atoms with Gasteiger partial charge in [0.05, 0.1) is 0 Å². The minimum Gasteiger partial charge on any atom is -0.382 e. The first-order chi connectivity index (χ1) is 9.17. The summed E-state index contributed by atoms with van der Waals surface area (Å²) in [6, 6.07) is 9.54. The lowest BCUT2D eigenvalue weighted by molar-refractivity contribution is 0.289. The molecule has 1 aromatic rings. The molecule has 1 fully saturated rings. The molecule has 1 saturated carbocycles. The number of thioether (sulfide) groups is 1. The normalized spacial score (nSPS) is 23.6. The van der Waals surface area contributed by atoms with E-state index in [-0.39, 0.29) is 0 Å². The number of hydrogen-bond donors (Lipinski definition) is 1. The molecule has 0 saturated heterocycles. The van der Waals surface area contributed by atoms with Crippen molar-refractivity contribution < 1.29 is 0 Å². The topological polar surface area (TPSA) is 12.0 Å². The van der Waals surface area contributed by atoms with E-state index in [0.717, 1.165) is 11.8 Å². The first-order valence-electron chi connectivity index (χ1n) is 7.58. The van der Waals surface area contributed by atoms with E-state index in [1.54, 1.807) is 11.8 Å². The third-order valence-electron chi connectivity index (χ3n) is 4.05. The van der Waals surface area contributed by atoms with Crippen LogP contribution in [-0.4, -0.2) is 12.3 Å². The highest BCUT2D eigenvalue weighted by molar-refractivity contribution is 7.98. The van der Waals surface area contributed by atoms with Crippen molar-refractivity contribution in [2.75, 3.05) is 11.6 Å². The predicted molar refractivity (Wildman–Crippen MR) is 87.0 cm³/mol. The molecular weight excluding hydrogens is 250 g/mol. The molecule has 1 nitrogen and oxygen atoms in total. The smallest absolute Gasteiger partial charge is 0.0343 e. The Morgan fingerprint density at radius 3 is 2.58 bits per heavy atom. The van der Waals surface area contributed by atoms with Gasteiger partial charge >= 0.3 is 0 Å². The Labute approximate surface area is 122 Å². The van der Waals surface area contributed by atoms with Gasteiger partial charge in [-0.3, -0.25) is 0 Å². The zero-order valence-electron chi connectivity index (χ0n) is 12.5. The van der Waals surface area contributed by atoms with Crippen molar-refractivity contribution in [3.63, 3.8) is 0 Å². The maximum absolute atomic E-state index is 3.73. The van der Waals surface area contributed by atoms with Gasteiger partial charge in [0.25, 0.3) is 0 Å². The number of rotatable bonds is 5. The summed E-state index contributed by atoms with van der Waals surface area (Å²) in [5.41, 5.74) is 1.29. The minimum absolute atomic E-state index is 0.678. The van der Waals surface area contributed by atoms with Gasteiger partial charge in [-0.2, -0.15) is 0 Å². The van der Waals surface area contributed by atoms with Crippen LogP contribution in [-0.2, 0) is 0 Å². The van der Waals surface area contributed by atoms with Gasteiger partial charge in [0.2, 0.25) is 0 Å². The van der Waals surface area contributed by atoms with Crippen LogP contribution in [0, 0.1) is 11.8 Å². The molecule has 1 N–H and O–H groups in total. The summed E-state index contributed by atoms with van der Waals surface area (Å²) >= 11 is 1.80. The summed E-state index contributed by atoms with van der Waals surface area (Å²) in [7, 11) is 0. The third-order valence-corrected chi connectivity index (χ3v) is 4.79. The first kappa shape index (κ1) is 14.8. The number of benzene rings is 1. The monoisotopic (exact) mass is 277 g/mol. The van der Waals surface area contributed by atoms with E-state index >= 15 is 0 Å². The molecular formula is C17H27NS. The summed E-state index contributed by atoms with van der Waals surface area (Å²) in [4.78, 5) is 1.34. The minimum atomic E-state index is 0.678. The molecule has 2 heteroatoms. The molecule has 2 atom stereocenters. The van der Waals surface area contributed by atoms with Crippen molar-refractivity contribution in [3.05, 3.63) is 24.3 Å². The second kappa shape index (κ2) is 7.23. The highest BCUT2D eigenvalue weighted by Gasteiger charge is 2.22. The van der Waals surface area contributed by atoms with E-state index < -0.39 is 0 Å². The lowest BCUT2D eigenvalue weighted by atomic mass is 9.81. The van der Waals surface area contributed by atoms with E-state index in [2.05, 4.69) is 49.7 Å². The average molecular weight is 277 g/mol. The Morgan fingerprint density at radius 2 is 1.95 bits per heavy atom. The summed E-state index contributed by atoms with van der Waals surface area (Å²) in [5, 5.41) is 3.73. The highest BCUT2D eigenvalue weighted by atomic mass is 32.2. The van der Waals surface area contributed by atoms with Crippen molar-refractivity contribution in [1.29, 1.82) is 0 Å². The van der Waals surface area contributed by atoms with E-state index in [0.29, 0.717) is 6.04 Å². The molecule has 0 bridgehead atoms. The Balaban J connectivity index is 1.87. The van der Waals surface area contributed by atoms with Gasteiger partial charge in [0.1, 0.15) is 0 Å². The fraction of sp³-hybridized carbons (Fsp3) is 0.647. The van der Waals surface area contributed by atoms with E-state index in [4.69, 9.17) is 0 Å². The molecule has 0 spiro atoms. The number of anilines is 1. The second-order valence-electron chi connectivity index (χ2n) is 6.23. The summed E-state index contributed by atoms with van der Waals surface area (Å²) in [6.45, 7) is 4.69. The van der Waals surface area contributed by atoms with Crippen LogP contribution in [0.3, 0.4) is 0 Å². The quantitative estimate of drug-likeness (QED) is 0.721. The maximum Gasteiger partial charge on any atom is 0.0343 e. The van der Waals surface area contributed by atoms with Crippen LogP contribution >= 0.6 is 11.8 Å². The summed E-state index contributed by atoms with van der Waals surface area (Å²) in [6.07, 6.45) is 9.02. The molecule has 19 heavy (non-hydrogen) atoms. The lowest BCUT2D eigenvalue weighted by Gasteiger charge is -2.31. The molecule has 1 aliphatic carbocycles. The largest absolute Gasteiger partial charge is 0.382 e. The van der Waals surface area contributed by atoms with Gasteiger partial charge < -0.3 is 5.32 Å². The van der Waals surface area contributed by atoms with Gasteiger partial charge in [-0.05, 0) is 61.6 Å². The third kappa shape index (κ3) is 4.76. The van der Waals surface area contributed by atoms with Crippen molar-refractivity contribution >= 4 is 17.4 Å². The molecule has 2 unspecified atom stereocenters. The van der Waals surface area contributed by atoms with Gasteiger partial charge in [-0.15, -0.1) is 11.8 Å². The van der Waals surface area contributed by atoms with E-state index in [1.807, 2.05) is 0 Å². The van der Waals surface area contributed by atoms with Gasteiger partial charge in [-0.25, -0.2) is 0 Å². The SMILES string of the molecule is CSc1ccc(NC2CCCC(CC(C)C)C2)cc1. The first-order valence-corrected chi connectivity index (χ1v) is 8.80. The molecule has 0 radical (unpaired) electrons. The van der Waals surface area contributed by atoms with Crippen LogP contribution in [0.1, 0.15) is 46.0 Å². The molecule has 0 heterocycles. The zero-order chi connectivity index (χ0) is 13.7. The van der Waals surface area contributed by atoms with Gasteiger partial charge in [-0.1, -0.05) is 26.7 Å². The van der Waals surface area contributed by atoms with Crippen LogP contribution in [0.25, 0.3) is 0 Å². The van der Waals surface area contributed by atoms with Crippen LogP contribution in [0.2, 0.25) is 0 Å². The molecule has 0 aromatic heterocycles. The fourth-order valence-electron chi connectivity index (χ4n) is 3.23. The summed E-state index contributed by atoms with van der Waals surface area (Å²) < 4.78 is 0. The Kier molecular flexibility index (Phi) is 5.62. The number of hydrogen-bond acceptors (Lipinski definition) is 2. The van der Waals surface area contributed by atoms with E-state index in [1.165, 1.54) is 42.7 Å². The van der Waals surface area contributed by atoms with Crippen molar-refractivity contribution in [3.8, 4) is 0 Å². The van der Waals surface area contributed by atoms with Crippen LogP contribution in [0.15, 0.2) is 29.2 Å². The predicted octanol–water partition coefficient (Wildman–Crippen LogP) is 5.43. The molecule has 0 amide bonds. The van der Waals surface area contributed by atoms with Crippen LogP contribution in [0.4, 0.5) is 5.69 Å². The van der Waals surface area contributed by atoms with Gasteiger partial charge in [0, 0.05) is 16.6 Å². The maximum atomic E-state index is 3.73. The summed E-state index contributed by atoms with van der Waals surface area (Å²) in [5.74, 6) is 1.77. The highest BCUT2D eigenvalue weighted by Crippen LogP contribution is 2.31.